The first-order chi connectivity index (χ1) is 12.7. The van der Waals surface area contributed by atoms with Crippen LogP contribution in [-0.4, -0.2) is 16.0 Å². The molecule has 2 aromatic carbocycles. The highest BCUT2D eigenvalue weighted by atomic mass is 16.3. The van der Waals surface area contributed by atoms with Crippen molar-refractivity contribution in [3.8, 4) is 17.0 Å². The standard InChI is InChI=1S/C22H18N2O2/c25-20-4-2-1-3-18(20)21-19-13-24(22(26)17(19)11-12-23-21)16-9-7-15(8-10-16)14-5-6-14/h1-4,7-12,14,25H,5-6,13H2. The number of hydrogen-bond acceptors (Lipinski definition) is 3. The van der Waals surface area contributed by atoms with E-state index >= 15 is 0 Å². The van der Waals surface area contributed by atoms with Crippen molar-refractivity contribution in [1.29, 1.82) is 0 Å². The van der Waals surface area contributed by atoms with Gasteiger partial charge in [0.05, 0.1) is 12.2 Å². The molecule has 0 spiro atoms. The lowest BCUT2D eigenvalue weighted by molar-refractivity contribution is 0.0996. The second-order valence-electron chi connectivity index (χ2n) is 6.96. The summed E-state index contributed by atoms with van der Waals surface area (Å²) in [6.07, 6.45) is 4.17. The number of aromatic hydroxyl groups is 1. The fourth-order valence-corrected chi connectivity index (χ4v) is 3.69. The smallest absolute Gasteiger partial charge is 0.259 e. The number of rotatable bonds is 3. The third kappa shape index (κ3) is 2.37. The van der Waals surface area contributed by atoms with Crippen molar-refractivity contribution in [2.24, 2.45) is 0 Å². The van der Waals surface area contributed by atoms with Crippen molar-refractivity contribution in [3.05, 3.63) is 77.5 Å². The van der Waals surface area contributed by atoms with Crippen LogP contribution in [0.2, 0.25) is 0 Å². The monoisotopic (exact) mass is 342 g/mol. The van der Waals surface area contributed by atoms with Gasteiger partial charge < -0.3 is 10.0 Å². The number of phenols is 1. The normalized spacial score (nSPS) is 16.0. The van der Waals surface area contributed by atoms with Crippen LogP contribution in [-0.2, 0) is 6.54 Å². The third-order valence-corrected chi connectivity index (χ3v) is 5.26. The quantitative estimate of drug-likeness (QED) is 0.763. The SMILES string of the molecule is O=C1c2ccnc(-c3ccccc3O)c2CN1c1ccc(C2CC2)cc1. The average molecular weight is 342 g/mol. The van der Waals surface area contributed by atoms with E-state index in [0.29, 0.717) is 29.3 Å². The van der Waals surface area contributed by atoms with Gasteiger partial charge >= 0.3 is 0 Å². The van der Waals surface area contributed by atoms with Crippen LogP contribution in [0.5, 0.6) is 5.75 Å². The van der Waals surface area contributed by atoms with Crippen LogP contribution in [0.1, 0.15) is 40.2 Å². The number of fused-ring (bicyclic) bond motifs is 1. The summed E-state index contributed by atoms with van der Waals surface area (Å²) in [4.78, 5) is 19.2. The molecule has 3 aromatic rings. The van der Waals surface area contributed by atoms with Crippen LogP contribution >= 0.6 is 0 Å². The van der Waals surface area contributed by atoms with Crippen LogP contribution in [0.4, 0.5) is 5.69 Å². The maximum atomic E-state index is 12.9. The van der Waals surface area contributed by atoms with Crippen molar-refractivity contribution < 1.29 is 9.90 Å². The molecule has 0 radical (unpaired) electrons. The molecule has 1 N–H and O–H groups in total. The predicted molar refractivity (Wildman–Crippen MR) is 100 cm³/mol. The summed E-state index contributed by atoms with van der Waals surface area (Å²) in [6.45, 7) is 0.467. The Balaban J connectivity index is 1.53. The number of hydrogen-bond donors (Lipinski definition) is 1. The van der Waals surface area contributed by atoms with Gasteiger partial charge in [0.1, 0.15) is 5.75 Å². The number of pyridine rings is 1. The molecule has 1 aliphatic heterocycles. The van der Waals surface area contributed by atoms with Gasteiger partial charge in [-0.1, -0.05) is 24.3 Å². The van der Waals surface area contributed by atoms with Gasteiger partial charge in [-0.25, -0.2) is 0 Å². The zero-order chi connectivity index (χ0) is 17.7. The topological polar surface area (TPSA) is 53.4 Å². The van der Waals surface area contributed by atoms with E-state index in [9.17, 15) is 9.90 Å². The van der Waals surface area contributed by atoms with Crippen molar-refractivity contribution in [3.63, 3.8) is 0 Å². The van der Waals surface area contributed by atoms with Crippen molar-refractivity contribution in [1.82, 2.24) is 4.98 Å². The minimum atomic E-state index is -0.0155. The van der Waals surface area contributed by atoms with Gasteiger partial charge in [0, 0.05) is 28.6 Å². The van der Waals surface area contributed by atoms with Crippen molar-refractivity contribution in [2.75, 3.05) is 4.90 Å². The largest absolute Gasteiger partial charge is 0.507 e. The number of para-hydroxylation sites is 1. The fraction of sp³-hybridized carbons (Fsp3) is 0.182. The lowest BCUT2D eigenvalue weighted by Gasteiger charge is -2.16. The van der Waals surface area contributed by atoms with E-state index in [-0.39, 0.29) is 11.7 Å². The minimum Gasteiger partial charge on any atom is -0.507 e. The van der Waals surface area contributed by atoms with Crippen molar-refractivity contribution in [2.45, 2.75) is 25.3 Å². The van der Waals surface area contributed by atoms with Gasteiger partial charge in [0.2, 0.25) is 0 Å². The first-order valence-electron chi connectivity index (χ1n) is 8.90. The maximum Gasteiger partial charge on any atom is 0.259 e. The molecule has 1 fully saturated rings. The zero-order valence-electron chi connectivity index (χ0n) is 14.2. The molecule has 26 heavy (non-hydrogen) atoms. The van der Waals surface area contributed by atoms with E-state index in [2.05, 4.69) is 17.1 Å². The lowest BCUT2D eigenvalue weighted by Crippen LogP contribution is -2.22. The fourth-order valence-electron chi connectivity index (χ4n) is 3.69. The number of nitrogens with zero attached hydrogens (tertiary/aromatic N) is 2. The summed E-state index contributed by atoms with van der Waals surface area (Å²) in [7, 11) is 0. The van der Waals surface area contributed by atoms with E-state index in [1.165, 1.54) is 18.4 Å². The van der Waals surface area contributed by atoms with Crippen LogP contribution in [0, 0.1) is 0 Å². The van der Waals surface area contributed by atoms with Gasteiger partial charge in [0.15, 0.2) is 0 Å². The molecule has 4 nitrogen and oxygen atoms in total. The molecular formula is C22H18N2O2. The first-order valence-corrected chi connectivity index (χ1v) is 8.90. The summed E-state index contributed by atoms with van der Waals surface area (Å²) < 4.78 is 0. The molecule has 2 heterocycles. The molecule has 0 saturated heterocycles. The highest BCUT2D eigenvalue weighted by molar-refractivity contribution is 6.11. The van der Waals surface area contributed by atoms with Crippen LogP contribution < -0.4 is 4.90 Å². The summed E-state index contributed by atoms with van der Waals surface area (Å²) in [5.41, 5.74) is 5.11. The summed E-state index contributed by atoms with van der Waals surface area (Å²) in [6, 6.07) is 17.2. The molecule has 128 valence electrons. The Hall–Kier alpha value is -3.14. The summed E-state index contributed by atoms with van der Waals surface area (Å²) in [5, 5.41) is 10.2. The predicted octanol–water partition coefficient (Wildman–Crippen LogP) is 4.49. The van der Waals surface area contributed by atoms with E-state index in [0.717, 1.165) is 11.3 Å². The van der Waals surface area contributed by atoms with Gasteiger partial charge in [-0.2, -0.15) is 0 Å². The Kier molecular flexibility index (Phi) is 3.32. The molecule has 1 aliphatic carbocycles. The third-order valence-electron chi connectivity index (χ3n) is 5.26. The number of phenolic OH excluding ortho intramolecular Hbond substituents is 1. The van der Waals surface area contributed by atoms with E-state index in [1.54, 1.807) is 29.3 Å². The van der Waals surface area contributed by atoms with Crippen LogP contribution in [0.3, 0.4) is 0 Å². The molecular weight excluding hydrogens is 324 g/mol. The highest BCUT2D eigenvalue weighted by Gasteiger charge is 2.32. The Morgan fingerprint density at radius 2 is 1.73 bits per heavy atom. The number of amides is 1. The molecule has 1 aromatic heterocycles. The average Bonchev–Trinajstić information content (AvgIpc) is 3.46. The molecule has 0 unspecified atom stereocenters. The molecule has 0 bridgehead atoms. The Morgan fingerprint density at radius 1 is 0.962 bits per heavy atom. The number of aromatic nitrogens is 1. The Morgan fingerprint density at radius 3 is 2.46 bits per heavy atom. The van der Waals surface area contributed by atoms with Gasteiger partial charge in [-0.15, -0.1) is 0 Å². The van der Waals surface area contributed by atoms with Gasteiger partial charge in [-0.05, 0) is 54.7 Å². The first kappa shape index (κ1) is 15.1. The van der Waals surface area contributed by atoms with E-state index in [1.807, 2.05) is 24.3 Å². The maximum absolute atomic E-state index is 12.9. The number of anilines is 1. The lowest BCUT2D eigenvalue weighted by atomic mass is 10.0. The summed E-state index contributed by atoms with van der Waals surface area (Å²) in [5.74, 6) is 0.860. The van der Waals surface area contributed by atoms with Gasteiger partial charge in [0.25, 0.3) is 5.91 Å². The van der Waals surface area contributed by atoms with Crippen LogP contribution in [0.15, 0.2) is 60.8 Å². The molecule has 1 saturated carbocycles. The number of carbonyl (C=O) groups is 1. The summed E-state index contributed by atoms with van der Waals surface area (Å²) >= 11 is 0. The second-order valence-corrected chi connectivity index (χ2v) is 6.96. The molecule has 4 heteroatoms. The Bertz CT molecular complexity index is 1010. The Labute approximate surface area is 151 Å². The van der Waals surface area contributed by atoms with E-state index in [4.69, 9.17) is 0 Å². The van der Waals surface area contributed by atoms with Gasteiger partial charge in [-0.3, -0.25) is 9.78 Å². The van der Waals surface area contributed by atoms with Crippen LogP contribution in [0.25, 0.3) is 11.3 Å². The second kappa shape index (κ2) is 5.70. The molecule has 2 aliphatic rings. The molecule has 1 amide bonds. The zero-order valence-corrected chi connectivity index (χ0v) is 14.2. The van der Waals surface area contributed by atoms with E-state index < -0.39 is 0 Å². The van der Waals surface area contributed by atoms with Crippen molar-refractivity contribution >= 4 is 11.6 Å². The number of benzene rings is 2. The minimum absolute atomic E-state index is 0.0155. The molecule has 5 rings (SSSR count). The molecule has 0 atom stereocenters. The number of carbonyl (C=O) groups excluding carboxylic acids is 1. The highest BCUT2D eigenvalue weighted by Crippen LogP contribution is 2.41.